The zero-order valence-electron chi connectivity index (χ0n) is 18.1. The summed E-state index contributed by atoms with van der Waals surface area (Å²) in [6, 6.07) is 12.0. The van der Waals surface area contributed by atoms with Crippen LogP contribution in [0.3, 0.4) is 0 Å². The van der Waals surface area contributed by atoms with Gasteiger partial charge in [0, 0.05) is 36.9 Å². The van der Waals surface area contributed by atoms with Crippen molar-refractivity contribution in [2.75, 3.05) is 20.1 Å². The SMILES string of the molecule is Cc1cc(C#N)ccc1-c1nn(-c2ccc(C(=O)N3CC(N(C)C4CC4)C3)cn2)cc1O. The maximum absolute atomic E-state index is 12.7. The number of aryl methyl sites for hydroxylation is 1. The standard InChI is InChI=1S/C24H24N6O2/c1-15-9-16(10-25)3-7-20(15)23-21(31)14-30(27-23)22-8-4-17(11-26-22)24(32)29-12-19(13-29)28(2)18-5-6-18/h3-4,7-9,11,14,18-19,31H,5-6,12-13H2,1-2H3. The van der Waals surface area contributed by atoms with Crippen LogP contribution in [-0.2, 0) is 0 Å². The van der Waals surface area contributed by atoms with E-state index in [0.717, 1.165) is 24.2 Å². The molecule has 1 saturated carbocycles. The monoisotopic (exact) mass is 428 g/mol. The summed E-state index contributed by atoms with van der Waals surface area (Å²) in [6.07, 6.45) is 5.58. The quantitative estimate of drug-likeness (QED) is 0.671. The molecule has 0 radical (unpaired) electrons. The normalized spacial score (nSPS) is 16.1. The van der Waals surface area contributed by atoms with E-state index in [1.165, 1.54) is 23.7 Å². The molecule has 0 unspecified atom stereocenters. The first-order chi connectivity index (χ1) is 15.4. The Bertz CT molecular complexity index is 1220. The summed E-state index contributed by atoms with van der Waals surface area (Å²) >= 11 is 0. The number of nitriles is 1. The Balaban J connectivity index is 1.30. The number of hydrogen-bond donors (Lipinski definition) is 1. The van der Waals surface area contributed by atoms with Crippen LogP contribution in [0.5, 0.6) is 5.75 Å². The van der Waals surface area contributed by atoms with Gasteiger partial charge in [0.1, 0.15) is 5.69 Å². The second-order valence-electron chi connectivity index (χ2n) is 8.61. The smallest absolute Gasteiger partial charge is 0.255 e. The minimum Gasteiger partial charge on any atom is -0.504 e. The number of nitrogens with zero attached hydrogens (tertiary/aromatic N) is 6. The average molecular weight is 428 g/mol. The second kappa shape index (κ2) is 7.77. The average Bonchev–Trinajstić information content (AvgIpc) is 3.55. The van der Waals surface area contributed by atoms with Crippen molar-refractivity contribution in [3.05, 3.63) is 59.4 Å². The van der Waals surface area contributed by atoms with Crippen LogP contribution < -0.4 is 0 Å². The predicted octanol–water partition coefficient (Wildman–Crippen LogP) is 2.74. The summed E-state index contributed by atoms with van der Waals surface area (Å²) in [5.74, 6) is 0.511. The van der Waals surface area contributed by atoms with Crippen molar-refractivity contribution in [2.45, 2.75) is 31.8 Å². The van der Waals surface area contributed by atoms with Crippen molar-refractivity contribution in [3.8, 4) is 28.9 Å². The number of aromatic nitrogens is 3. The van der Waals surface area contributed by atoms with Crippen molar-refractivity contribution in [2.24, 2.45) is 0 Å². The first-order valence-electron chi connectivity index (χ1n) is 10.7. The Labute approximate surface area is 186 Å². The molecule has 0 atom stereocenters. The number of rotatable bonds is 5. The highest BCUT2D eigenvalue weighted by atomic mass is 16.3. The summed E-state index contributed by atoms with van der Waals surface area (Å²) in [6.45, 7) is 3.39. The Morgan fingerprint density at radius 1 is 1.22 bits per heavy atom. The number of benzene rings is 1. The first kappa shape index (κ1) is 20.2. The minimum atomic E-state index is -0.0123. The van der Waals surface area contributed by atoms with Crippen LogP contribution in [0.2, 0.25) is 0 Å². The summed E-state index contributed by atoms with van der Waals surface area (Å²) in [5.41, 5.74) is 3.11. The largest absolute Gasteiger partial charge is 0.504 e. The number of likely N-dealkylation sites (tertiary alicyclic amines) is 1. The summed E-state index contributed by atoms with van der Waals surface area (Å²) in [7, 11) is 2.15. The fourth-order valence-electron chi connectivity index (χ4n) is 4.16. The van der Waals surface area contributed by atoms with Gasteiger partial charge >= 0.3 is 0 Å². The molecule has 1 aliphatic heterocycles. The minimum absolute atomic E-state index is 0.0123. The van der Waals surface area contributed by atoms with Crippen LogP contribution in [0.4, 0.5) is 0 Å². The zero-order valence-corrected chi connectivity index (χ0v) is 18.1. The molecule has 1 aliphatic carbocycles. The van der Waals surface area contributed by atoms with Crippen molar-refractivity contribution in [3.63, 3.8) is 0 Å². The molecule has 8 heteroatoms. The van der Waals surface area contributed by atoms with Crippen LogP contribution in [0.1, 0.15) is 34.3 Å². The van der Waals surface area contributed by atoms with Gasteiger partial charge in [0.2, 0.25) is 0 Å². The van der Waals surface area contributed by atoms with E-state index in [0.29, 0.717) is 34.7 Å². The van der Waals surface area contributed by atoms with Gasteiger partial charge in [-0.3, -0.25) is 9.69 Å². The van der Waals surface area contributed by atoms with Gasteiger partial charge in [-0.2, -0.15) is 10.4 Å². The highest BCUT2D eigenvalue weighted by Crippen LogP contribution is 2.32. The van der Waals surface area contributed by atoms with E-state index in [1.807, 2.05) is 11.8 Å². The number of likely N-dealkylation sites (N-methyl/N-ethyl adjacent to an activating group) is 1. The van der Waals surface area contributed by atoms with Crippen LogP contribution in [0, 0.1) is 18.3 Å². The van der Waals surface area contributed by atoms with Crippen LogP contribution in [0.25, 0.3) is 17.1 Å². The molecule has 2 aromatic heterocycles. The fourth-order valence-corrected chi connectivity index (χ4v) is 4.16. The molecule has 0 bridgehead atoms. The number of aromatic hydroxyl groups is 1. The molecule has 2 aliphatic rings. The lowest BCUT2D eigenvalue weighted by atomic mass is 10.0. The van der Waals surface area contributed by atoms with Gasteiger partial charge in [0.05, 0.1) is 23.4 Å². The molecule has 1 aromatic carbocycles. The number of pyridine rings is 1. The van der Waals surface area contributed by atoms with E-state index in [9.17, 15) is 9.90 Å². The molecule has 1 N–H and O–H groups in total. The maximum Gasteiger partial charge on any atom is 0.255 e. The molecule has 8 nitrogen and oxygen atoms in total. The lowest BCUT2D eigenvalue weighted by Crippen LogP contribution is -2.60. The highest BCUT2D eigenvalue weighted by Gasteiger charge is 2.39. The van der Waals surface area contributed by atoms with Gasteiger partial charge < -0.3 is 10.0 Å². The first-order valence-corrected chi connectivity index (χ1v) is 10.7. The van der Waals surface area contributed by atoms with E-state index in [4.69, 9.17) is 5.26 Å². The predicted molar refractivity (Wildman–Crippen MR) is 118 cm³/mol. The lowest BCUT2D eigenvalue weighted by Gasteiger charge is -2.44. The molecule has 162 valence electrons. The number of amides is 1. The van der Waals surface area contributed by atoms with Crippen molar-refractivity contribution in [1.29, 1.82) is 5.26 Å². The molecule has 2 fully saturated rings. The van der Waals surface area contributed by atoms with Crippen LogP contribution in [0.15, 0.2) is 42.7 Å². The maximum atomic E-state index is 12.7. The Morgan fingerprint density at radius 2 is 2.00 bits per heavy atom. The number of carbonyl (C=O) groups is 1. The van der Waals surface area contributed by atoms with E-state index in [-0.39, 0.29) is 11.7 Å². The third-order valence-corrected chi connectivity index (χ3v) is 6.38. The van der Waals surface area contributed by atoms with E-state index < -0.39 is 0 Å². The second-order valence-corrected chi connectivity index (χ2v) is 8.61. The topological polar surface area (TPSA) is 98.3 Å². The summed E-state index contributed by atoms with van der Waals surface area (Å²) < 4.78 is 1.49. The zero-order chi connectivity index (χ0) is 22.4. The molecular formula is C24H24N6O2. The Morgan fingerprint density at radius 3 is 2.62 bits per heavy atom. The van der Waals surface area contributed by atoms with E-state index in [2.05, 4.69) is 28.1 Å². The number of carbonyl (C=O) groups excluding carboxylic acids is 1. The van der Waals surface area contributed by atoms with Crippen molar-refractivity contribution < 1.29 is 9.90 Å². The Hall–Kier alpha value is -3.70. The number of hydrogen-bond acceptors (Lipinski definition) is 6. The van der Waals surface area contributed by atoms with Gasteiger partial charge in [-0.1, -0.05) is 6.07 Å². The van der Waals surface area contributed by atoms with Gasteiger partial charge in [-0.15, -0.1) is 0 Å². The fraction of sp³-hybridized carbons (Fsp3) is 0.333. The summed E-state index contributed by atoms with van der Waals surface area (Å²) in [4.78, 5) is 21.4. The molecule has 5 rings (SSSR count). The van der Waals surface area contributed by atoms with Crippen LogP contribution in [-0.4, -0.2) is 67.8 Å². The van der Waals surface area contributed by atoms with Crippen molar-refractivity contribution >= 4 is 5.91 Å². The lowest BCUT2D eigenvalue weighted by molar-refractivity contribution is 0.0319. The molecule has 3 aromatic rings. The van der Waals surface area contributed by atoms with Gasteiger partial charge in [0.25, 0.3) is 5.91 Å². The van der Waals surface area contributed by atoms with Gasteiger partial charge in [-0.05, 0) is 56.6 Å². The van der Waals surface area contributed by atoms with Crippen molar-refractivity contribution in [1.82, 2.24) is 24.6 Å². The third kappa shape index (κ3) is 3.61. The van der Waals surface area contributed by atoms with Gasteiger partial charge in [-0.25, -0.2) is 9.67 Å². The van der Waals surface area contributed by atoms with Crippen LogP contribution >= 0.6 is 0 Å². The molecule has 1 saturated heterocycles. The van der Waals surface area contributed by atoms with E-state index >= 15 is 0 Å². The van der Waals surface area contributed by atoms with Gasteiger partial charge in [0.15, 0.2) is 11.6 Å². The highest BCUT2D eigenvalue weighted by molar-refractivity contribution is 5.94. The summed E-state index contributed by atoms with van der Waals surface area (Å²) in [5, 5.41) is 24.0. The molecule has 0 spiro atoms. The molecule has 1 amide bonds. The van der Waals surface area contributed by atoms with E-state index in [1.54, 1.807) is 36.5 Å². The molecular weight excluding hydrogens is 404 g/mol. The third-order valence-electron chi connectivity index (χ3n) is 6.38. The molecule has 3 heterocycles. The Kier molecular flexibility index (Phi) is 4.91. The molecule has 32 heavy (non-hydrogen) atoms.